The highest BCUT2D eigenvalue weighted by Gasteiger charge is 2.11. The number of carbonyl (C=O) groups excluding carboxylic acids is 3. The topological polar surface area (TPSA) is 88.1 Å². The highest BCUT2D eigenvalue weighted by Crippen LogP contribution is 2.13. The summed E-state index contributed by atoms with van der Waals surface area (Å²) >= 11 is 0. The van der Waals surface area contributed by atoms with Crippen LogP contribution in [0.25, 0.3) is 0 Å². The van der Waals surface area contributed by atoms with E-state index in [0.29, 0.717) is 31.5 Å². The van der Waals surface area contributed by atoms with E-state index in [1.165, 1.54) is 0 Å². The second-order valence-corrected chi connectivity index (χ2v) is 9.05. The molecule has 200 valence electrons. The molecule has 7 heteroatoms. The van der Waals surface area contributed by atoms with Gasteiger partial charge in [0.05, 0.1) is 0 Å². The molecule has 0 spiro atoms. The van der Waals surface area contributed by atoms with Crippen molar-refractivity contribution in [3.63, 3.8) is 0 Å². The number of ketones is 1. The molecular weight excluding hydrogens is 436 g/mol. The summed E-state index contributed by atoms with van der Waals surface area (Å²) in [5.41, 5.74) is 0. The van der Waals surface area contributed by atoms with Gasteiger partial charge in [-0.25, -0.2) is 9.59 Å². The lowest BCUT2D eigenvalue weighted by molar-refractivity contribution is -0.299. The van der Waals surface area contributed by atoms with Gasteiger partial charge in [0, 0.05) is 25.7 Å². The van der Waals surface area contributed by atoms with E-state index in [2.05, 4.69) is 0 Å². The predicted octanol–water partition coefficient (Wildman–Crippen LogP) is 7.34. The van der Waals surface area contributed by atoms with Crippen LogP contribution >= 0.6 is 0 Å². The van der Waals surface area contributed by atoms with Gasteiger partial charge in [-0.05, 0) is 51.4 Å². The van der Waals surface area contributed by atoms with Crippen molar-refractivity contribution in [1.82, 2.24) is 0 Å². The number of carbonyl (C=O) groups is 3. The quantitative estimate of drug-likeness (QED) is 0.0800. The molecule has 0 unspecified atom stereocenters. The fourth-order valence-corrected chi connectivity index (χ4v) is 3.54. The Bertz CT molecular complexity index is 469. The maximum atomic E-state index is 12.0. The first-order chi connectivity index (χ1) is 16.5. The SMILES string of the molecule is CCC(CC)OOC(=O)CCCCCCCC(=O)CCCCCCCC(=O)OOC(CC)CC. The minimum absolute atomic E-state index is 0.0169. The molecule has 0 aliphatic heterocycles. The molecule has 0 atom stereocenters. The van der Waals surface area contributed by atoms with Crippen LogP contribution in [0.2, 0.25) is 0 Å². The molecule has 34 heavy (non-hydrogen) atoms. The van der Waals surface area contributed by atoms with E-state index in [1.807, 2.05) is 27.7 Å². The second kappa shape index (κ2) is 23.3. The molecule has 0 saturated carbocycles. The average molecular weight is 487 g/mol. The zero-order chi connectivity index (χ0) is 25.4. The van der Waals surface area contributed by atoms with Crippen molar-refractivity contribution < 1.29 is 33.9 Å². The number of hydrogen-bond acceptors (Lipinski definition) is 7. The Hall–Kier alpha value is -1.47. The number of rotatable bonds is 24. The number of Topliss-reactive ketones (excluding diaryl/α,β-unsaturated/α-hetero) is 1. The minimum atomic E-state index is -0.298. The Morgan fingerprint density at radius 3 is 1.09 bits per heavy atom. The Kier molecular flexibility index (Phi) is 22.3. The van der Waals surface area contributed by atoms with Crippen LogP contribution in [0.1, 0.15) is 143 Å². The molecule has 7 nitrogen and oxygen atoms in total. The van der Waals surface area contributed by atoms with Crippen molar-refractivity contribution in [2.45, 2.75) is 155 Å². The van der Waals surface area contributed by atoms with Crippen molar-refractivity contribution in [2.24, 2.45) is 0 Å². The summed E-state index contributed by atoms with van der Waals surface area (Å²) in [6, 6.07) is 0. The molecule has 0 aliphatic carbocycles. The van der Waals surface area contributed by atoms with Gasteiger partial charge in [0.25, 0.3) is 0 Å². The summed E-state index contributed by atoms with van der Waals surface area (Å²) in [7, 11) is 0. The van der Waals surface area contributed by atoms with E-state index in [9.17, 15) is 14.4 Å². The van der Waals surface area contributed by atoms with Gasteiger partial charge in [-0.1, -0.05) is 66.2 Å². The molecule has 0 amide bonds. The summed E-state index contributed by atoms with van der Waals surface area (Å²) in [5, 5.41) is 0. The van der Waals surface area contributed by atoms with Crippen LogP contribution in [0.15, 0.2) is 0 Å². The maximum Gasteiger partial charge on any atom is 0.342 e. The lowest BCUT2D eigenvalue weighted by Gasteiger charge is -2.11. The van der Waals surface area contributed by atoms with Crippen LogP contribution in [0.3, 0.4) is 0 Å². The first kappa shape index (κ1) is 32.5. The lowest BCUT2D eigenvalue weighted by atomic mass is 10.0. The molecular formula is C27H50O7. The first-order valence-electron chi connectivity index (χ1n) is 13.7. The molecule has 0 aliphatic rings. The molecule has 0 heterocycles. The zero-order valence-corrected chi connectivity index (χ0v) is 22.2. The van der Waals surface area contributed by atoms with Crippen LogP contribution in [0.4, 0.5) is 0 Å². The van der Waals surface area contributed by atoms with Crippen molar-refractivity contribution in [1.29, 1.82) is 0 Å². The molecule has 0 rings (SSSR count). The van der Waals surface area contributed by atoms with Gasteiger partial charge in [-0.2, -0.15) is 9.78 Å². The highest BCUT2D eigenvalue weighted by atomic mass is 17.2. The van der Waals surface area contributed by atoms with Crippen molar-refractivity contribution in [3.8, 4) is 0 Å². The molecule has 0 N–H and O–H groups in total. The smallest absolute Gasteiger partial charge is 0.300 e. The Morgan fingerprint density at radius 2 is 0.765 bits per heavy atom. The van der Waals surface area contributed by atoms with Crippen LogP contribution in [-0.2, 0) is 33.9 Å². The number of hydrogen-bond donors (Lipinski definition) is 0. The van der Waals surface area contributed by atoms with E-state index in [4.69, 9.17) is 19.6 Å². The van der Waals surface area contributed by atoms with Crippen molar-refractivity contribution in [2.75, 3.05) is 0 Å². The molecule has 0 bridgehead atoms. The zero-order valence-electron chi connectivity index (χ0n) is 22.2. The van der Waals surface area contributed by atoms with E-state index in [-0.39, 0.29) is 24.1 Å². The standard InChI is InChI=1S/C27H50O7/c1-5-24(6-2)31-33-26(29)21-17-13-9-11-15-19-23(28)20-16-12-10-14-18-22-27(30)34-32-25(7-3)8-4/h24-25H,5-22H2,1-4H3. The van der Waals surface area contributed by atoms with Crippen molar-refractivity contribution in [3.05, 3.63) is 0 Å². The highest BCUT2D eigenvalue weighted by molar-refractivity contribution is 5.78. The van der Waals surface area contributed by atoms with Gasteiger partial charge in [-0.3, -0.25) is 14.6 Å². The van der Waals surface area contributed by atoms with E-state index in [0.717, 1.165) is 89.9 Å². The minimum Gasteiger partial charge on any atom is -0.300 e. The summed E-state index contributed by atoms with van der Waals surface area (Å²) in [6.07, 6.45) is 14.8. The van der Waals surface area contributed by atoms with Crippen LogP contribution in [0, 0.1) is 0 Å². The molecule has 0 saturated heterocycles. The Morgan fingerprint density at radius 1 is 0.471 bits per heavy atom. The largest absolute Gasteiger partial charge is 0.342 e. The monoisotopic (exact) mass is 486 g/mol. The maximum absolute atomic E-state index is 12.0. The van der Waals surface area contributed by atoms with E-state index < -0.39 is 0 Å². The lowest BCUT2D eigenvalue weighted by Crippen LogP contribution is -2.14. The molecule has 0 radical (unpaired) electrons. The Labute approximate surface area is 207 Å². The van der Waals surface area contributed by atoms with E-state index in [1.54, 1.807) is 0 Å². The van der Waals surface area contributed by atoms with Gasteiger partial charge in [0.15, 0.2) is 0 Å². The summed E-state index contributed by atoms with van der Waals surface area (Å²) in [5.74, 6) is -0.259. The van der Waals surface area contributed by atoms with E-state index >= 15 is 0 Å². The van der Waals surface area contributed by atoms with Crippen LogP contribution in [0.5, 0.6) is 0 Å². The third-order valence-electron chi connectivity index (χ3n) is 6.05. The third kappa shape index (κ3) is 20.0. The Balaban J connectivity index is 3.46. The van der Waals surface area contributed by atoms with Gasteiger partial charge in [0.1, 0.15) is 18.0 Å². The summed E-state index contributed by atoms with van der Waals surface area (Å²) in [4.78, 5) is 55.1. The molecule has 0 aromatic heterocycles. The fraction of sp³-hybridized carbons (Fsp3) is 0.889. The molecule has 0 aromatic carbocycles. The molecule has 0 aromatic rings. The molecule has 0 fully saturated rings. The number of unbranched alkanes of at least 4 members (excludes halogenated alkanes) is 8. The normalized spacial score (nSPS) is 11.2. The summed E-state index contributed by atoms with van der Waals surface area (Å²) in [6.45, 7) is 8.01. The summed E-state index contributed by atoms with van der Waals surface area (Å²) < 4.78 is 0. The fourth-order valence-electron chi connectivity index (χ4n) is 3.54. The third-order valence-corrected chi connectivity index (χ3v) is 6.05. The average Bonchev–Trinajstić information content (AvgIpc) is 2.84. The second-order valence-electron chi connectivity index (χ2n) is 9.05. The van der Waals surface area contributed by atoms with Gasteiger partial charge in [-0.15, -0.1) is 0 Å². The van der Waals surface area contributed by atoms with Crippen molar-refractivity contribution >= 4 is 17.7 Å². The predicted molar refractivity (Wildman–Crippen MR) is 133 cm³/mol. The van der Waals surface area contributed by atoms with Crippen LogP contribution in [-0.4, -0.2) is 29.9 Å². The van der Waals surface area contributed by atoms with Crippen LogP contribution < -0.4 is 0 Å². The first-order valence-corrected chi connectivity index (χ1v) is 13.7. The van der Waals surface area contributed by atoms with Gasteiger partial charge >= 0.3 is 11.9 Å². The van der Waals surface area contributed by atoms with Gasteiger partial charge < -0.3 is 0 Å². The van der Waals surface area contributed by atoms with Gasteiger partial charge in [0.2, 0.25) is 0 Å².